The average molecular weight is 433 g/mol. The summed E-state index contributed by atoms with van der Waals surface area (Å²) in [7, 11) is 0. The van der Waals surface area contributed by atoms with Crippen LogP contribution in [0.25, 0.3) is 5.65 Å². The predicted octanol–water partition coefficient (Wildman–Crippen LogP) is 4.43. The molecule has 2 aromatic heterocycles. The molecule has 2 aliphatic rings. The van der Waals surface area contributed by atoms with Crippen LogP contribution in [0.15, 0.2) is 17.4 Å². The summed E-state index contributed by atoms with van der Waals surface area (Å²) >= 11 is 6.95. The molecule has 1 N–H and O–H groups in total. The monoisotopic (exact) mass is 432 g/mol. The van der Waals surface area contributed by atoms with Gasteiger partial charge in [-0.3, -0.25) is 9.20 Å². The first-order valence-corrected chi connectivity index (χ1v) is 10.6. The molecule has 2 aliphatic carbocycles. The Morgan fingerprint density at radius 1 is 1.39 bits per heavy atom. The van der Waals surface area contributed by atoms with Gasteiger partial charge < -0.3 is 5.32 Å². The van der Waals surface area contributed by atoms with Crippen LogP contribution < -0.4 is 5.32 Å². The molecule has 152 valence electrons. The first-order chi connectivity index (χ1) is 13.2. The van der Waals surface area contributed by atoms with Crippen LogP contribution in [0.1, 0.15) is 38.2 Å². The van der Waals surface area contributed by atoms with Crippen LogP contribution in [0, 0.1) is 17.8 Å². The molecule has 1 amide bonds. The van der Waals surface area contributed by atoms with Gasteiger partial charge in [0.25, 0.3) is 0 Å². The van der Waals surface area contributed by atoms with Crippen molar-refractivity contribution in [3.63, 3.8) is 0 Å². The quantitative estimate of drug-likeness (QED) is 0.710. The minimum Gasteiger partial charge on any atom is -0.353 e. The van der Waals surface area contributed by atoms with Gasteiger partial charge in [0, 0.05) is 12.2 Å². The molecule has 2 heterocycles. The van der Waals surface area contributed by atoms with Crippen molar-refractivity contribution in [3.8, 4) is 0 Å². The summed E-state index contributed by atoms with van der Waals surface area (Å²) in [4.78, 5) is 12.3. The van der Waals surface area contributed by atoms with Gasteiger partial charge in [0.15, 0.2) is 10.8 Å². The maximum atomic E-state index is 13.0. The summed E-state index contributed by atoms with van der Waals surface area (Å²) in [6, 6.07) is 0.925. The van der Waals surface area contributed by atoms with E-state index >= 15 is 0 Å². The highest BCUT2D eigenvalue weighted by atomic mass is 35.5. The number of nitrogens with zero attached hydrogens (tertiary/aromatic N) is 3. The van der Waals surface area contributed by atoms with Gasteiger partial charge in [-0.1, -0.05) is 29.8 Å². The second kappa shape index (κ2) is 7.40. The number of amides is 1. The molecule has 0 aliphatic heterocycles. The highest BCUT2D eigenvalue weighted by Crippen LogP contribution is 2.49. The van der Waals surface area contributed by atoms with Crippen LogP contribution in [0.3, 0.4) is 0 Å². The minimum atomic E-state index is -4.53. The third kappa shape index (κ3) is 3.83. The number of fused-ring (bicyclic) bond motifs is 3. The number of carbonyl (C=O) groups excluding carboxylic acids is 1. The number of pyridine rings is 1. The molecule has 4 unspecified atom stereocenters. The summed E-state index contributed by atoms with van der Waals surface area (Å²) in [5, 5.41) is 10.8. The molecule has 0 aromatic carbocycles. The number of nitrogens with one attached hydrogen (secondary N) is 1. The second-order valence-corrected chi connectivity index (χ2v) is 9.08. The van der Waals surface area contributed by atoms with Gasteiger partial charge in [0.2, 0.25) is 5.91 Å². The first-order valence-electron chi connectivity index (χ1n) is 9.26. The summed E-state index contributed by atoms with van der Waals surface area (Å²) in [5.74, 6) is 1.93. The van der Waals surface area contributed by atoms with E-state index in [1.165, 1.54) is 30.1 Å². The van der Waals surface area contributed by atoms with Crippen LogP contribution in [0.2, 0.25) is 5.02 Å². The van der Waals surface area contributed by atoms with E-state index < -0.39 is 11.7 Å². The van der Waals surface area contributed by atoms with Gasteiger partial charge in [-0.05, 0) is 50.0 Å². The van der Waals surface area contributed by atoms with E-state index in [0.29, 0.717) is 11.8 Å². The maximum absolute atomic E-state index is 13.0. The molecule has 0 spiro atoms. The Kier molecular flexibility index (Phi) is 5.24. The van der Waals surface area contributed by atoms with Crippen molar-refractivity contribution in [2.24, 2.45) is 17.8 Å². The number of aromatic nitrogens is 3. The van der Waals surface area contributed by atoms with E-state index in [-0.39, 0.29) is 33.5 Å². The van der Waals surface area contributed by atoms with E-state index in [0.717, 1.165) is 29.9 Å². The fourth-order valence-electron chi connectivity index (χ4n) is 4.63. The van der Waals surface area contributed by atoms with E-state index in [9.17, 15) is 18.0 Å². The second-order valence-electron chi connectivity index (χ2n) is 7.73. The summed E-state index contributed by atoms with van der Waals surface area (Å²) < 4.78 is 40.2. The molecule has 4 atom stereocenters. The number of alkyl halides is 3. The van der Waals surface area contributed by atoms with Gasteiger partial charge in [-0.25, -0.2) is 0 Å². The van der Waals surface area contributed by atoms with Crippen molar-refractivity contribution in [1.29, 1.82) is 0 Å². The smallest absolute Gasteiger partial charge is 0.353 e. The molecule has 2 saturated carbocycles. The molecule has 0 saturated heterocycles. The Balaban J connectivity index is 1.41. The largest absolute Gasteiger partial charge is 0.417 e. The lowest BCUT2D eigenvalue weighted by Gasteiger charge is -2.28. The van der Waals surface area contributed by atoms with Crippen LogP contribution in [-0.4, -0.2) is 32.3 Å². The van der Waals surface area contributed by atoms with Crippen LogP contribution >= 0.6 is 23.4 Å². The Hall–Kier alpha value is -1.48. The first kappa shape index (κ1) is 19.8. The molecular weight excluding hydrogens is 413 g/mol. The molecule has 28 heavy (non-hydrogen) atoms. The van der Waals surface area contributed by atoms with Crippen molar-refractivity contribution in [2.45, 2.75) is 50.0 Å². The molecule has 5 nitrogen and oxygen atoms in total. The Morgan fingerprint density at radius 3 is 2.82 bits per heavy atom. The number of halogens is 4. The molecule has 4 rings (SSSR count). The summed E-state index contributed by atoms with van der Waals surface area (Å²) in [6.07, 6.45) is 1.37. The lowest BCUT2D eigenvalue weighted by Crippen LogP contribution is -2.40. The lowest BCUT2D eigenvalue weighted by molar-refractivity contribution is -0.137. The SMILES string of the molecule is CC(NC(=O)CSc1nnc2c(Cl)cc(C(F)(F)F)cn12)C1CC2CCC1C2. The summed E-state index contributed by atoms with van der Waals surface area (Å²) in [5.41, 5.74) is -0.756. The molecule has 2 bridgehead atoms. The van der Waals surface area contributed by atoms with Gasteiger partial charge in [-0.15, -0.1) is 10.2 Å². The molecule has 2 aromatic rings. The Labute approximate surface area is 169 Å². The third-order valence-corrected chi connectivity index (χ3v) is 7.13. The Morgan fingerprint density at radius 2 is 2.18 bits per heavy atom. The van der Waals surface area contributed by atoms with Crippen LogP contribution in [0.4, 0.5) is 13.2 Å². The number of thioether (sulfide) groups is 1. The van der Waals surface area contributed by atoms with E-state index in [4.69, 9.17) is 11.6 Å². The van der Waals surface area contributed by atoms with E-state index in [1.54, 1.807) is 0 Å². The highest BCUT2D eigenvalue weighted by molar-refractivity contribution is 7.99. The summed E-state index contributed by atoms with van der Waals surface area (Å²) in [6.45, 7) is 2.04. The Bertz CT molecular complexity index is 903. The fraction of sp³-hybridized carbons (Fsp3) is 0.611. The van der Waals surface area contributed by atoms with Crippen molar-refractivity contribution in [3.05, 3.63) is 22.8 Å². The fourth-order valence-corrected chi connectivity index (χ4v) is 5.59. The van der Waals surface area contributed by atoms with Gasteiger partial charge >= 0.3 is 6.18 Å². The molecular formula is C18H20ClF3N4OS. The van der Waals surface area contributed by atoms with Crippen molar-refractivity contribution in [1.82, 2.24) is 19.9 Å². The van der Waals surface area contributed by atoms with Crippen LogP contribution in [0.5, 0.6) is 0 Å². The number of hydrogen-bond acceptors (Lipinski definition) is 4. The molecule has 0 radical (unpaired) electrons. The minimum absolute atomic E-state index is 0.0554. The maximum Gasteiger partial charge on any atom is 0.417 e. The van der Waals surface area contributed by atoms with E-state index in [2.05, 4.69) is 15.5 Å². The molecule has 2 fully saturated rings. The zero-order chi connectivity index (χ0) is 20.1. The van der Waals surface area contributed by atoms with Crippen molar-refractivity contribution >= 4 is 34.9 Å². The number of rotatable bonds is 5. The van der Waals surface area contributed by atoms with Crippen molar-refractivity contribution < 1.29 is 18.0 Å². The normalized spacial score (nSPS) is 25.4. The zero-order valence-electron chi connectivity index (χ0n) is 15.2. The van der Waals surface area contributed by atoms with Crippen LogP contribution in [-0.2, 0) is 11.0 Å². The number of carbonyl (C=O) groups is 1. The van der Waals surface area contributed by atoms with Gasteiger partial charge in [0.1, 0.15) is 0 Å². The number of hydrogen-bond donors (Lipinski definition) is 1. The van der Waals surface area contributed by atoms with Gasteiger partial charge in [-0.2, -0.15) is 13.2 Å². The van der Waals surface area contributed by atoms with Crippen molar-refractivity contribution in [2.75, 3.05) is 5.75 Å². The predicted molar refractivity (Wildman–Crippen MR) is 100 cm³/mol. The van der Waals surface area contributed by atoms with E-state index in [1.807, 2.05) is 6.92 Å². The topological polar surface area (TPSA) is 59.3 Å². The molecule has 10 heteroatoms. The highest BCUT2D eigenvalue weighted by Gasteiger charge is 2.42. The third-order valence-electron chi connectivity index (χ3n) is 5.91. The lowest BCUT2D eigenvalue weighted by atomic mass is 9.84. The average Bonchev–Trinajstić information content (AvgIpc) is 3.34. The van der Waals surface area contributed by atoms with Gasteiger partial charge in [0.05, 0.1) is 16.3 Å². The standard InChI is InChI=1S/C18H20ClF3N4OS/c1-9(13-5-10-2-3-11(13)4-10)23-15(27)8-28-17-25-24-16-14(19)6-12(7-26(16)17)18(20,21)22/h6-7,9-11,13H,2-5,8H2,1H3,(H,23,27). The zero-order valence-corrected chi connectivity index (χ0v) is 16.7.